The number of carbonyl (C=O) groups excluding carboxylic acids is 2. The number of hydrogen-bond acceptors (Lipinski definition) is 5. The molecule has 0 unspecified atom stereocenters. The van der Waals surface area contributed by atoms with Crippen LogP contribution in [0.5, 0.6) is 11.5 Å². The monoisotopic (exact) mass is 414 g/mol. The number of hydrogen-bond donors (Lipinski definition) is 0. The van der Waals surface area contributed by atoms with Crippen LogP contribution >= 0.6 is 0 Å². The summed E-state index contributed by atoms with van der Waals surface area (Å²) in [6.45, 7) is 9.28. The molecule has 2 aromatic rings. The van der Waals surface area contributed by atoms with Gasteiger partial charge >= 0.3 is 0 Å². The van der Waals surface area contributed by atoms with Crippen molar-refractivity contribution in [3.05, 3.63) is 47.9 Å². The highest BCUT2D eigenvalue weighted by Gasteiger charge is 2.25. The molecule has 1 aromatic heterocycles. The summed E-state index contributed by atoms with van der Waals surface area (Å²) in [4.78, 5) is 29.3. The van der Waals surface area contributed by atoms with E-state index in [-0.39, 0.29) is 37.0 Å². The van der Waals surface area contributed by atoms with Crippen LogP contribution in [-0.4, -0.2) is 41.5 Å². The molecule has 0 bridgehead atoms. The first kappa shape index (κ1) is 21.7. The number of fused-ring (bicyclic) bond motifs is 1. The molecule has 3 rings (SSSR count). The van der Waals surface area contributed by atoms with Crippen LogP contribution in [0.3, 0.4) is 0 Å². The molecule has 0 atom stereocenters. The molecule has 0 aliphatic carbocycles. The topological polar surface area (TPSA) is 72.2 Å². The first-order valence-corrected chi connectivity index (χ1v) is 10.3. The predicted octanol–water partition coefficient (Wildman–Crippen LogP) is 3.68. The lowest BCUT2D eigenvalue weighted by Crippen LogP contribution is -2.45. The fraction of sp³-hybridized carbons (Fsp3) is 0.478. The zero-order valence-electron chi connectivity index (χ0n) is 18.1. The van der Waals surface area contributed by atoms with E-state index in [9.17, 15) is 9.59 Å². The summed E-state index contributed by atoms with van der Waals surface area (Å²) in [5.41, 5.74) is 0.921. The molecule has 1 aromatic carbocycles. The van der Waals surface area contributed by atoms with Gasteiger partial charge in [0.15, 0.2) is 11.5 Å². The van der Waals surface area contributed by atoms with Crippen LogP contribution in [0.4, 0.5) is 0 Å². The minimum atomic E-state index is -0.163. The van der Waals surface area contributed by atoms with E-state index < -0.39 is 0 Å². The zero-order chi connectivity index (χ0) is 21.7. The van der Waals surface area contributed by atoms with E-state index in [1.54, 1.807) is 22.1 Å². The first-order valence-electron chi connectivity index (χ1n) is 10.3. The van der Waals surface area contributed by atoms with Crippen LogP contribution in [0, 0.1) is 11.8 Å². The molecule has 7 nitrogen and oxygen atoms in total. The van der Waals surface area contributed by atoms with Gasteiger partial charge in [0.2, 0.25) is 18.6 Å². The molecule has 0 fully saturated rings. The normalized spacial score (nSPS) is 12.5. The van der Waals surface area contributed by atoms with Gasteiger partial charge in [0.25, 0.3) is 0 Å². The summed E-state index contributed by atoms with van der Waals surface area (Å²) in [5.74, 6) is 2.03. The van der Waals surface area contributed by atoms with E-state index in [0.717, 1.165) is 5.56 Å². The highest BCUT2D eigenvalue weighted by molar-refractivity contribution is 5.85. The van der Waals surface area contributed by atoms with Crippen molar-refractivity contribution in [1.29, 1.82) is 0 Å². The van der Waals surface area contributed by atoms with E-state index in [1.807, 2.05) is 52.0 Å². The predicted molar refractivity (Wildman–Crippen MR) is 112 cm³/mol. The van der Waals surface area contributed by atoms with E-state index in [4.69, 9.17) is 13.9 Å². The summed E-state index contributed by atoms with van der Waals surface area (Å²) in [5, 5.41) is 0. The summed E-state index contributed by atoms with van der Waals surface area (Å²) < 4.78 is 16.3. The van der Waals surface area contributed by atoms with Gasteiger partial charge in [-0.15, -0.1) is 0 Å². The maximum absolute atomic E-state index is 13.3. The highest BCUT2D eigenvalue weighted by atomic mass is 16.7. The van der Waals surface area contributed by atoms with E-state index in [2.05, 4.69) is 0 Å². The van der Waals surface area contributed by atoms with Crippen LogP contribution in [0.1, 0.15) is 39.0 Å². The number of rotatable bonds is 9. The summed E-state index contributed by atoms with van der Waals surface area (Å²) >= 11 is 0. The standard InChI is InChI=1S/C23H30N2O5/c1-16(2)11-25(23(27)17(3)4)14-22(26)24(13-19-6-5-9-28-19)12-18-7-8-20-21(10-18)30-15-29-20/h5-10,16-17H,11-15H2,1-4H3. The lowest BCUT2D eigenvalue weighted by Gasteiger charge is -2.29. The Balaban J connectivity index is 1.78. The van der Waals surface area contributed by atoms with Crippen molar-refractivity contribution in [2.75, 3.05) is 19.9 Å². The van der Waals surface area contributed by atoms with Crippen LogP contribution in [0.15, 0.2) is 41.0 Å². The minimum absolute atomic E-state index is 0.0157. The zero-order valence-corrected chi connectivity index (χ0v) is 18.1. The number of furan rings is 1. The molecule has 0 N–H and O–H groups in total. The lowest BCUT2D eigenvalue weighted by molar-refractivity contribution is -0.143. The third-order valence-corrected chi connectivity index (χ3v) is 4.81. The van der Waals surface area contributed by atoms with E-state index in [1.165, 1.54) is 0 Å². The molecule has 2 heterocycles. The summed E-state index contributed by atoms with van der Waals surface area (Å²) in [6.07, 6.45) is 1.59. The Bertz CT molecular complexity index is 860. The maximum atomic E-state index is 13.3. The van der Waals surface area contributed by atoms with E-state index >= 15 is 0 Å². The van der Waals surface area contributed by atoms with Crippen molar-refractivity contribution in [2.24, 2.45) is 11.8 Å². The van der Waals surface area contributed by atoms with Gasteiger partial charge < -0.3 is 23.7 Å². The number of ether oxygens (including phenoxy) is 2. The lowest BCUT2D eigenvalue weighted by atomic mass is 10.1. The Morgan fingerprint density at radius 2 is 1.77 bits per heavy atom. The second-order valence-electron chi connectivity index (χ2n) is 8.28. The quantitative estimate of drug-likeness (QED) is 0.626. The fourth-order valence-corrected chi connectivity index (χ4v) is 3.38. The molecule has 1 aliphatic rings. The summed E-state index contributed by atoms with van der Waals surface area (Å²) in [6, 6.07) is 9.29. The smallest absolute Gasteiger partial charge is 0.242 e. The van der Waals surface area contributed by atoms with E-state index in [0.29, 0.717) is 36.9 Å². The Morgan fingerprint density at radius 1 is 1.00 bits per heavy atom. The first-order chi connectivity index (χ1) is 14.3. The van der Waals surface area contributed by atoms with Crippen molar-refractivity contribution in [1.82, 2.24) is 9.80 Å². The molecule has 0 spiro atoms. The molecular weight excluding hydrogens is 384 g/mol. The van der Waals surface area contributed by atoms with Gasteiger partial charge in [-0.1, -0.05) is 33.8 Å². The van der Waals surface area contributed by atoms with Crippen molar-refractivity contribution < 1.29 is 23.5 Å². The van der Waals surface area contributed by atoms with Crippen LogP contribution < -0.4 is 9.47 Å². The number of carbonyl (C=O) groups is 2. The Kier molecular flexibility index (Phi) is 7.03. The number of amides is 2. The third kappa shape index (κ3) is 5.55. The molecule has 7 heteroatoms. The van der Waals surface area contributed by atoms with Gasteiger partial charge in [0, 0.05) is 19.0 Å². The van der Waals surface area contributed by atoms with Gasteiger partial charge in [0.05, 0.1) is 19.4 Å². The Labute approximate surface area is 177 Å². The SMILES string of the molecule is CC(C)CN(CC(=O)N(Cc1ccc2c(c1)OCO2)Cc1ccco1)C(=O)C(C)C. The molecular formula is C23H30N2O5. The molecule has 162 valence electrons. The van der Waals surface area contributed by atoms with Crippen LogP contribution in [0.25, 0.3) is 0 Å². The molecule has 0 saturated carbocycles. The average Bonchev–Trinajstić information content (AvgIpc) is 3.37. The van der Waals surface area contributed by atoms with Crippen LogP contribution in [0.2, 0.25) is 0 Å². The molecule has 1 aliphatic heterocycles. The molecule has 2 amide bonds. The van der Waals surface area contributed by atoms with Crippen molar-refractivity contribution in [3.63, 3.8) is 0 Å². The molecule has 0 radical (unpaired) electrons. The molecule has 0 saturated heterocycles. The highest BCUT2D eigenvalue weighted by Crippen LogP contribution is 2.33. The second-order valence-corrected chi connectivity index (χ2v) is 8.28. The second kappa shape index (κ2) is 9.69. The van der Waals surface area contributed by atoms with Crippen molar-refractivity contribution in [3.8, 4) is 11.5 Å². The van der Waals surface area contributed by atoms with Crippen molar-refractivity contribution >= 4 is 11.8 Å². The van der Waals surface area contributed by atoms with Crippen LogP contribution in [-0.2, 0) is 22.7 Å². The number of nitrogens with zero attached hydrogens (tertiary/aromatic N) is 2. The third-order valence-electron chi connectivity index (χ3n) is 4.81. The largest absolute Gasteiger partial charge is 0.467 e. The van der Waals surface area contributed by atoms with Gasteiger partial charge in [-0.05, 0) is 35.7 Å². The van der Waals surface area contributed by atoms with Gasteiger partial charge in [-0.25, -0.2) is 0 Å². The van der Waals surface area contributed by atoms with Gasteiger partial charge in [0.1, 0.15) is 5.76 Å². The molecule has 30 heavy (non-hydrogen) atoms. The fourth-order valence-electron chi connectivity index (χ4n) is 3.38. The minimum Gasteiger partial charge on any atom is -0.467 e. The van der Waals surface area contributed by atoms with Gasteiger partial charge in [-0.3, -0.25) is 9.59 Å². The number of benzene rings is 1. The van der Waals surface area contributed by atoms with Gasteiger partial charge in [-0.2, -0.15) is 0 Å². The Hall–Kier alpha value is -2.96. The Morgan fingerprint density at radius 3 is 2.43 bits per heavy atom. The van der Waals surface area contributed by atoms with Crippen molar-refractivity contribution in [2.45, 2.75) is 40.8 Å². The summed E-state index contributed by atoms with van der Waals surface area (Å²) in [7, 11) is 0. The maximum Gasteiger partial charge on any atom is 0.242 e. The average molecular weight is 415 g/mol.